The van der Waals surface area contributed by atoms with E-state index in [9.17, 15) is 14.9 Å². The van der Waals surface area contributed by atoms with E-state index in [1.54, 1.807) is 6.07 Å². The first-order chi connectivity index (χ1) is 7.99. The molecule has 0 unspecified atom stereocenters. The normalized spacial score (nSPS) is 10.1. The fraction of sp³-hybridized carbons (Fsp3) is 0.364. The first kappa shape index (κ1) is 13.6. The van der Waals surface area contributed by atoms with Crippen LogP contribution in [0.4, 0.5) is 5.69 Å². The van der Waals surface area contributed by atoms with Gasteiger partial charge in [0.2, 0.25) is 0 Å². The number of aryl methyl sites for hydroxylation is 1. The van der Waals surface area contributed by atoms with E-state index in [0.29, 0.717) is 16.5 Å². The van der Waals surface area contributed by atoms with Gasteiger partial charge in [0.15, 0.2) is 0 Å². The first-order valence-corrected chi connectivity index (χ1v) is 6.01. The molecule has 0 N–H and O–H groups in total. The summed E-state index contributed by atoms with van der Waals surface area (Å²) in [6.07, 6.45) is 0.0474. The molecule has 5 nitrogen and oxygen atoms in total. The van der Waals surface area contributed by atoms with Crippen molar-refractivity contribution in [3.63, 3.8) is 0 Å². The number of alkyl halides is 1. The Balaban J connectivity index is 3.19. The molecule has 0 heterocycles. The number of hydrogen-bond donors (Lipinski definition) is 0. The van der Waals surface area contributed by atoms with Crippen molar-refractivity contribution in [2.45, 2.75) is 18.7 Å². The molecule has 17 heavy (non-hydrogen) atoms. The summed E-state index contributed by atoms with van der Waals surface area (Å²) in [5, 5.41) is 11.3. The summed E-state index contributed by atoms with van der Waals surface area (Å²) in [5.74, 6) is -0.408. The number of nitro benzene ring substituents is 1. The molecular weight excluding hydrogens is 290 g/mol. The van der Waals surface area contributed by atoms with E-state index >= 15 is 0 Å². The van der Waals surface area contributed by atoms with Crippen LogP contribution in [0.5, 0.6) is 0 Å². The number of benzene rings is 1. The molecule has 0 saturated carbocycles. The van der Waals surface area contributed by atoms with Crippen molar-refractivity contribution in [3.05, 3.63) is 38.9 Å². The summed E-state index contributed by atoms with van der Waals surface area (Å²) < 4.78 is 4.55. The van der Waals surface area contributed by atoms with E-state index in [4.69, 9.17) is 0 Å². The number of nitro groups is 1. The van der Waals surface area contributed by atoms with E-state index in [0.717, 1.165) is 5.56 Å². The van der Waals surface area contributed by atoms with Crippen LogP contribution in [0.25, 0.3) is 0 Å². The zero-order valence-electron chi connectivity index (χ0n) is 9.53. The summed E-state index contributed by atoms with van der Waals surface area (Å²) in [5.41, 5.74) is 2.08. The molecule has 0 aliphatic heterocycles. The van der Waals surface area contributed by atoms with Gasteiger partial charge in [-0.25, -0.2) is 0 Å². The summed E-state index contributed by atoms with van der Waals surface area (Å²) in [6, 6.07) is 3.15. The number of hydrogen-bond acceptors (Lipinski definition) is 4. The van der Waals surface area contributed by atoms with Crippen LogP contribution in [-0.4, -0.2) is 18.0 Å². The lowest BCUT2D eigenvalue weighted by Gasteiger charge is -2.07. The van der Waals surface area contributed by atoms with Gasteiger partial charge in [-0.2, -0.15) is 0 Å². The van der Waals surface area contributed by atoms with Gasteiger partial charge in [-0.1, -0.05) is 15.9 Å². The Kier molecular flexibility index (Phi) is 4.62. The molecule has 0 bridgehead atoms. The Hall–Kier alpha value is -1.43. The molecule has 0 aliphatic rings. The predicted molar refractivity (Wildman–Crippen MR) is 66.2 cm³/mol. The van der Waals surface area contributed by atoms with E-state index in [1.807, 2.05) is 6.92 Å². The van der Waals surface area contributed by atoms with Crippen LogP contribution in [0.3, 0.4) is 0 Å². The summed E-state index contributed by atoms with van der Waals surface area (Å²) in [6.45, 7) is 1.81. The molecule has 1 aromatic rings. The minimum atomic E-state index is -0.448. The monoisotopic (exact) mass is 301 g/mol. The van der Waals surface area contributed by atoms with Crippen LogP contribution in [0, 0.1) is 17.0 Å². The van der Waals surface area contributed by atoms with E-state index in [1.165, 1.54) is 13.2 Å². The molecule has 6 heteroatoms. The third-order valence-electron chi connectivity index (χ3n) is 2.44. The van der Waals surface area contributed by atoms with Crippen LogP contribution in [0.15, 0.2) is 12.1 Å². The second kappa shape index (κ2) is 5.77. The van der Waals surface area contributed by atoms with E-state index in [-0.39, 0.29) is 12.1 Å². The highest BCUT2D eigenvalue weighted by molar-refractivity contribution is 9.08. The quantitative estimate of drug-likeness (QED) is 0.371. The van der Waals surface area contributed by atoms with Crippen molar-refractivity contribution >= 4 is 27.6 Å². The highest BCUT2D eigenvalue weighted by Gasteiger charge is 2.17. The molecule has 0 fully saturated rings. The molecule has 0 atom stereocenters. The first-order valence-electron chi connectivity index (χ1n) is 4.89. The third kappa shape index (κ3) is 3.26. The van der Waals surface area contributed by atoms with Gasteiger partial charge in [-0.05, 0) is 24.1 Å². The molecule has 0 spiro atoms. The van der Waals surface area contributed by atoms with Gasteiger partial charge in [0.25, 0.3) is 5.69 Å². The second-order valence-electron chi connectivity index (χ2n) is 3.55. The molecule has 0 aliphatic carbocycles. The summed E-state index contributed by atoms with van der Waals surface area (Å²) >= 11 is 3.20. The van der Waals surface area contributed by atoms with Gasteiger partial charge >= 0.3 is 5.97 Å². The molecular formula is C11H12BrNO4. The third-order valence-corrected chi connectivity index (χ3v) is 3.04. The number of ether oxygens (including phenoxy) is 1. The number of carbonyl (C=O) groups excluding carboxylic acids is 1. The number of rotatable bonds is 4. The Labute approximate surface area is 107 Å². The van der Waals surface area contributed by atoms with Crippen molar-refractivity contribution in [3.8, 4) is 0 Å². The zero-order chi connectivity index (χ0) is 13.0. The van der Waals surface area contributed by atoms with Crippen molar-refractivity contribution in [1.29, 1.82) is 0 Å². The van der Waals surface area contributed by atoms with Crippen LogP contribution in [-0.2, 0) is 21.3 Å². The number of carbonyl (C=O) groups is 1. The minimum Gasteiger partial charge on any atom is -0.469 e. The lowest BCUT2D eigenvalue weighted by Crippen LogP contribution is -2.07. The van der Waals surface area contributed by atoms with Crippen molar-refractivity contribution in [1.82, 2.24) is 0 Å². The maximum absolute atomic E-state index is 11.2. The van der Waals surface area contributed by atoms with Crippen molar-refractivity contribution < 1.29 is 14.5 Å². The van der Waals surface area contributed by atoms with Gasteiger partial charge < -0.3 is 4.74 Å². The number of halogens is 1. The van der Waals surface area contributed by atoms with Crippen LogP contribution in [0.2, 0.25) is 0 Å². The molecule has 1 aromatic carbocycles. The predicted octanol–water partition coefficient (Wildman–Crippen LogP) is 2.51. The SMILES string of the molecule is COC(=O)Cc1cc([N+](=O)[O-])c(CBr)cc1C. The maximum Gasteiger partial charge on any atom is 0.309 e. The van der Waals surface area contributed by atoms with Gasteiger partial charge in [0.05, 0.1) is 18.5 Å². The molecule has 0 saturated heterocycles. The zero-order valence-corrected chi connectivity index (χ0v) is 11.1. The topological polar surface area (TPSA) is 69.4 Å². The number of esters is 1. The summed E-state index contributed by atoms with van der Waals surface area (Å²) in [4.78, 5) is 21.6. The fourth-order valence-electron chi connectivity index (χ4n) is 1.49. The van der Waals surface area contributed by atoms with E-state index < -0.39 is 10.9 Å². The largest absolute Gasteiger partial charge is 0.469 e. The lowest BCUT2D eigenvalue weighted by atomic mass is 10.0. The Bertz CT molecular complexity index is 459. The average Bonchev–Trinajstić information content (AvgIpc) is 2.30. The Morgan fingerprint density at radius 1 is 1.47 bits per heavy atom. The molecule has 0 aromatic heterocycles. The van der Waals surface area contributed by atoms with Crippen LogP contribution >= 0.6 is 15.9 Å². The van der Waals surface area contributed by atoms with Crippen LogP contribution in [0.1, 0.15) is 16.7 Å². The maximum atomic E-state index is 11.2. The Morgan fingerprint density at radius 2 is 2.12 bits per heavy atom. The van der Waals surface area contributed by atoms with Gasteiger partial charge in [-0.15, -0.1) is 0 Å². The number of methoxy groups -OCH3 is 1. The smallest absolute Gasteiger partial charge is 0.309 e. The van der Waals surface area contributed by atoms with Gasteiger partial charge in [0.1, 0.15) is 0 Å². The average molecular weight is 302 g/mol. The minimum absolute atomic E-state index is 0.0198. The lowest BCUT2D eigenvalue weighted by molar-refractivity contribution is -0.385. The fourth-order valence-corrected chi connectivity index (χ4v) is 1.94. The highest BCUT2D eigenvalue weighted by Crippen LogP contribution is 2.25. The standard InChI is InChI=1S/C11H12BrNO4/c1-7-3-9(6-12)10(13(15)16)4-8(7)5-11(14)17-2/h3-4H,5-6H2,1-2H3. The molecule has 0 radical (unpaired) electrons. The number of nitrogens with zero attached hydrogens (tertiary/aromatic N) is 1. The van der Waals surface area contributed by atoms with Crippen molar-refractivity contribution in [2.24, 2.45) is 0 Å². The van der Waals surface area contributed by atoms with Gasteiger partial charge in [-0.3, -0.25) is 14.9 Å². The second-order valence-corrected chi connectivity index (χ2v) is 4.11. The van der Waals surface area contributed by atoms with Crippen molar-refractivity contribution in [2.75, 3.05) is 7.11 Å². The molecule has 92 valence electrons. The Morgan fingerprint density at radius 3 is 2.59 bits per heavy atom. The van der Waals surface area contributed by atoms with E-state index in [2.05, 4.69) is 20.7 Å². The highest BCUT2D eigenvalue weighted by atomic mass is 79.9. The summed E-state index contributed by atoms with van der Waals surface area (Å²) in [7, 11) is 1.29. The molecule has 0 amide bonds. The molecule has 1 rings (SSSR count). The van der Waals surface area contributed by atoms with Gasteiger partial charge in [0, 0.05) is 17.0 Å². The van der Waals surface area contributed by atoms with Crippen LogP contribution < -0.4 is 0 Å².